The number of carbonyl (C=O) groups excluding carboxylic acids is 1. The minimum absolute atomic E-state index is 0.388. The summed E-state index contributed by atoms with van der Waals surface area (Å²) in [6, 6.07) is 4.51. The Morgan fingerprint density at radius 3 is 3.00 bits per heavy atom. The molecule has 1 saturated heterocycles. The van der Waals surface area contributed by atoms with Crippen LogP contribution in [0, 0.1) is 23.2 Å². The summed E-state index contributed by atoms with van der Waals surface area (Å²) in [6.07, 6.45) is 15.7. The van der Waals surface area contributed by atoms with E-state index in [-0.39, 0.29) is 0 Å². The molecule has 3 fully saturated rings. The first-order valence-corrected chi connectivity index (χ1v) is 10.3. The summed E-state index contributed by atoms with van der Waals surface area (Å²) in [7, 11) is 0. The van der Waals surface area contributed by atoms with Crippen LogP contribution in [-0.4, -0.2) is 34.9 Å². The maximum absolute atomic E-state index is 12.5. The summed E-state index contributed by atoms with van der Waals surface area (Å²) >= 11 is 0. The number of aromatic nitrogens is 1. The molecule has 138 valence electrons. The van der Waals surface area contributed by atoms with Crippen LogP contribution >= 0.6 is 0 Å². The van der Waals surface area contributed by atoms with Crippen molar-refractivity contribution in [3.05, 3.63) is 42.2 Å². The van der Waals surface area contributed by atoms with Gasteiger partial charge in [0.2, 0.25) is 5.91 Å². The predicted octanol–water partition coefficient (Wildman–Crippen LogP) is 3.15. The lowest BCUT2D eigenvalue weighted by molar-refractivity contribution is -0.129. The molecule has 1 aromatic heterocycles. The molecule has 4 atom stereocenters. The van der Waals surface area contributed by atoms with Gasteiger partial charge in [0.1, 0.15) is 0 Å². The summed E-state index contributed by atoms with van der Waals surface area (Å²) in [5, 5.41) is 3.52. The molecule has 1 N–H and O–H groups in total. The highest BCUT2D eigenvalue weighted by Gasteiger charge is 2.62. The molecule has 4 nitrogen and oxygen atoms in total. The number of likely N-dealkylation sites (tertiary alicyclic amines) is 1. The number of nitrogens with zero attached hydrogens (tertiary/aromatic N) is 2. The van der Waals surface area contributed by atoms with Crippen molar-refractivity contribution in [1.82, 2.24) is 15.2 Å². The van der Waals surface area contributed by atoms with Gasteiger partial charge < -0.3 is 10.2 Å². The fraction of sp³-hybridized carbons (Fsp3) is 0.636. The van der Waals surface area contributed by atoms with E-state index in [4.69, 9.17) is 0 Å². The Bertz CT molecular complexity index is 697. The third-order valence-electron chi connectivity index (χ3n) is 7.43. The minimum Gasteiger partial charge on any atom is -0.339 e. The number of allylic oxidation sites excluding steroid dienone is 2. The lowest BCUT2D eigenvalue weighted by Crippen LogP contribution is -2.39. The van der Waals surface area contributed by atoms with Gasteiger partial charge in [-0.15, -0.1) is 0 Å². The van der Waals surface area contributed by atoms with E-state index in [1.165, 1.54) is 24.8 Å². The van der Waals surface area contributed by atoms with Gasteiger partial charge in [-0.05, 0) is 73.4 Å². The van der Waals surface area contributed by atoms with Crippen molar-refractivity contribution in [2.45, 2.75) is 51.1 Å². The van der Waals surface area contributed by atoms with Crippen molar-refractivity contribution in [1.29, 1.82) is 0 Å². The highest BCUT2D eigenvalue weighted by atomic mass is 16.2. The Hall–Kier alpha value is -1.68. The average molecular weight is 351 g/mol. The number of hydrogen-bond acceptors (Lipinski definition) is 3. The first-order valence-electron chi connectivity index (χ1n) is 10.3. The minimum atomic E-state index is 0.388. The van der Waals surface area contributed by atoms with Gasteiger partial charge in [0, 0.05) is 37.9 Å². The third-order valence-corrected chi connectivity index (χ3v) is 7.43. The topological polar surface area (TPSA) is 45.2 Å². The number of pyridine rings is 1. The van der Waals surface area contributed by atoms with Crippen LogP contribution < -0.4 is 5.32 Å². The first kappa shape index (κ1) is 16.5. The van der Waals surface area contributed by atoms with E-state index in [1.807, 2.05) is 18.5 Å². The molecule has 3 aliphatic carbocycles. The van der Waals surface area contributed by atoms with E-state index < -0.39 is 0 Å². The molecule has 0 aromatic carbocycles. The molecule has 26 heavy (non-hydrogen) atoms. The van der Waals surface area contributed by atoms with E-state index >= 15 is 0 Å². The predicted molar refractivity (Wildman–Crippen MR) is 101 cm³/mol. The van der Waals surface area contributed by atoms with Crippen molar-refractivity contribution in [3.8, 4) is 0 Å². The van der Waals surface area contributed by atoms with Gasteiger partial charge in [0.15, 0.2) is 0 Å². The summed E-state index contributed by atoms with van der Waals surface area (Å²) in [4.78, 5) is 18.9. The smallest absolute Gasteiger partial charge is 0.222 e. The van der Waals surface area contributed by atoms with Gasteiger partial charge in [-0.1, -0.05) is 18.2 Å². The maximum Gasteiger partial charge on any atom is 0.222 e. The van der Waals surface area contributed by atoms with Crippen LogP contribution in [0.4, 0.5) is 0 Å². The second kappa shape index (κ2) is 6.49. The van der Waals surface area contributed by atoms with Crippen molar-refractivity contribution < 1.29 is 4.79 Å². The lowest BCUT2D eigenvalue weighted by atomic mass is 9.88. The van der Waals surface area contributed by atoms with Crippen LogP contribution in [0.5, 0.6) is 0 Å². The summed E-state index contributed by atoms with van der Waals surface area (Å²) in [5.41, 5.74) is 1.85. The molecule has 0 radical (unpaired) electrons. The highest BCUT2D eigenvalue weighted by molar-refractivity contribution is 5.78. The molecule has 4 heteroatoms. The Morgan fingerprint density at radius 1 is 1.31 bits per heavy atom. The van der Waals surface area contributed by atoms with Gasteiger partial charge in [0.25, 0.3) is 0 Å². The van der Waals surface area contributed by atoms with Gasteiger partial charge in [0.05, 0.1) is 0 Å². The van der Waals surface area contributed by atoms with Crippen LogP contribution in [0.3, 0.4) is 0 Å². The lowest BCUT2D eigenvalue weighted by Gasteiger charge is -2.30. The highest BCUT2D eigenvalue weighted by Crippen LogP contribution is 2.70. The largest absolute Gasteiger partial charge is 0.339 e. The second-order valence-electron chi connectivity index (χ2n) is 8.81. The van der Waals surface area contributed by atoms with Crippen molar-refractivity contribution >= 4 is 5.91 Å². The Kier molecular flexibility index (Phi) is 4.11. The summed E-state index contributed by atoms with van der Waals surface area (Å²) < 4.78 is 0. The van der Waals surface area contributed by atoms with Crippen LogP contribution in [0.1, 0.15) is 44.1 Å². The zero-order chi connectivity index (χ0) is 17.6. The molecule has 4 aliphatic rings. The number of amides is 1. The average Bonchev–Trinajstić information content (AvgIpc) is 3.22. The van der Waals surface area contributed by atoms with E-state index in [0.717, 1.165) is 50.7 Å². The van der Waals surface area contributed by atoms with E-state index in [9.17, 15) is 4.79 Å². The van der Waals surface area contributed by atoms with Gasteiger partial charge in [-0.2, -0.15) is 0 Å². The number of rotatable bonds is 7. The molecular weight excluding hydrogens is 322 g/mol. The number of nitrogens with one attached hydrogen (secondary N) is 1. The SMILES string of the molecule is O=C1CC[C@@H](CCNCc2cccnc2)N1C[C@@H]1C[C@H]2C=C[C@H]1C21CC1. The van der Waals surface area contributed by atoms with Crippen molar-refractivity contribution in [2.24, 2.45) is 23.2 Å². The van der Waals surface area contributed by atoms with Crippen LogP contribution in [0.15, 0.2) is 36.7 Å². The van der Waals surface area contributed by atoms with Gasteiger partial charge in [-0.3, -0.25) is 9.78 Å². The molecule has 1 spiro atoms. The first-order chi connectivity index (χ1) is 12.8. The van der Waals surface area contributed by atoms with Crippen LogP contribution in [-0.2, 0) is 11.3 Å². The maximum atomic E-state index is 12.5. The van der Waals surface area contributed by atoms with E-state index in [2.05, 4.69) is 33.4 Å². The van der Waals surface area contributed by atoms with Gasteiger partial charge in [-0.25, -0.2) is 0 Å². The van der Waals surface area contributed by atoms with Gasteiger partial charge >= 0.3 is 0 Å². The second-order valence-corrected chi connectivity index (χ2v) is 8.81. The number of hydrogen-bond donors (Lipinski definition) is 1. The van der Waals surface area contributed by atoms with E-state index in [1.54, 1.807) is 0 Å². The summed E-state index contributed by atoms with van der Waals surface area (Å²) in [6.45, 7) is 2.82. The third kappa shape index (κ3) is 2.79. The molecule has 2 bridgehead atoms. The van der Waals surface area contributed by atoms with Crippen molar-refractivity contribution in [2.75, 3.05) is 13.1 Å². The normalized spacial score (nSPS) is 33.5. The number of carbonyl (C=O) groups is 1. The fourth-order valence-electron chi connectivity index (χ4n) is 5.93. The molecule has 0 unspecified atom stereocenters. The monoisotopic (exact) mass is 351 g/mol. The van der Waals surface area contributed by atoms with Crippen LogP contribution in [0.25, 0.3) is 0 Å². The molecule has 1 aromatic rings. The zero-order valence-electron chi connectivity index (χ0n) is 15.4. The summed E-state index contributed by atoms with van der Waals surface area (Å²) in [5.74, 6) is 2.67. The van der Waals surface area contributed by atoms with Crippen LogP contribution in [0.2, 0.25) is 0 Å². The Morgan fingerprint density at radius 2 is 2.23 bits per heavy atom. The molecule has 2 saturated carbocycles. The molecule has 2 heterocycles. The van der Waals surface area contributed by atoms with E-state index in [0.29, 0.717) is 23.3 Å². The molecular formula is C22H29N3O. The molecule has 5 rings (SSSR count). The Balaban J connectivity index is 1.14. The standard InChI is InChI=1S/C22H29N3O/c26-21-6-4-19(7-11-24-14-16-2-1-10-23-13-16)25(21)15-17-12-18-3-5-20(17)22(18)8-9-22/h1-3,5,10,13,17-20,24H,4,6-9,11-12,14-15H2/t17-,18+,19-,20+/m0/s1. The molecule has 1 aliphatic heterocycles. The molecule has 1 amide bonds. The zero-order valence-corrected chi connectivity index (χ0v) is 15.4. The Labute approximate surface area is 156 Å². The van der Waals surface area contributed by atoms with Crippen molar-refractivity contribution in [3.63, 3.8) is 0 Å². The quantitative estimate of drug-likeness (QED) is 0.606. The fourth-order valence-corrected chi connectivity index (χ4v) is 5.93.